The van der Waals surface area contributed by atoms with Gasteiger partial charge in [-0.05, 0) is 12.3 Å². The highest BCUT2D eigenvalue weighted by Crippen LogP contribution is 2.16. The van der Waals surface area contributed by atoms with Gasteiger partial charge in [0.1, 0.15) is 5.78 Å². The molecule has 1 heterocycles. The third kappa shape index (κ3) is 3.08. The van der Waals surface area contributed by atoms with Crippen molar-refractivity contribution in [1.29, 1.82) is 0 Å². The first kappa shape index (κ1) is 10.7. The van der Waals surface area contributed by atoms with E-state index in [1.54, 1.807) is 0 Å². The number of ketones is 1. The number of rotatable bonds is 4. The van der Waals surface area contributed by atoms with Crippen LogP contribution in [0.25, 0.3) is 0 Å². The van der Waals surface area contributed by atoms with Crippen molar-refractivity contribution in [1.82, 2.24) is 0 Å². The average molecular weight is 185 g/mol. The van der Waals surface area contributed by atoms with Crippen LogP contribution in [0.2, 0.25) is 0 Å². The van der Waals surface area contributed by atoms with E-state index in [4.69, 9.17) is 10.5 Å². The van der Waals surface area contributed by atoms with E-state index in [0.717, 1.165) is 6.42 Å². The molecule has 0 aromatic heterocycles. The SMILES string of the molecule is CC(C)CCC(=O)C1COCC1N. The predicted octanol–water partition coefficient (Wildman–Crippen LogP) is 0.965. The van der Waals surface area contributed by atoms with E-state index in [2.05, 4.69) is 13.8 Å². The molecular weight excluding hydrogens is 166 g/mol. The summed E-state index contributed by atoms with van der Waals surface area (Å²) in [5, 5.41) is 0. The van der Waals surface area contributed by atoms with E-state index in [-0.39, 0.29) is 17.7 Å². The monoisotopic (exact) mass is 185 g/mol. The molecule has 0 radical (unpaired) electrons. The van der Waals surface area contributed by atoms with Crippen molar-refractivity contribution >= 4 is 5.78 Å². The number of hydrogen-bond donors (Lipinski definition) is 1. The van der Waals surface area contributed by atoms with Crippen molar-refractivity contribution in [2.24, 2.45) is 17.6 Å². The Morgan fingerprint density at radius 1 is 1.54 bits per heavy atom. The van der Waals surface area contributed by atoms with Crippen LogP contribution in [0.3, 0.4) is 0 Å². The fraction of sp³-hybridized carbons (Fsp3) is 0.900. The van der Waals surface area contributed by atoms with Crippen LogP contribution < -0.4 is 5.73 Å². The largest absolute Gasteiger partial charge is 0.379 e. The van der Waals surface area contributed by atoms with E-state index in [1.165, 1.54) is 0 Å². The van der Waals surface area contributed by atoms with Gasteiger partial charge in [0.25, 0.3) is 0 Å². The standard InChI is InChI=1S/C10H19NO2/c1-7(2)3-4-10(12)8-5-13-6-9(8)11/h7-9H,3-6,11H2,1-2H3. The molecule has 2 atom stereocenters. The lowest BCUT2D eigenvalue weighted by Gasteiger charge is -2.12. The highest BCUT2D eigenvalue weighted by Gasteiger charge is 2.30. The lowest BCUT2D eigenvalue weighted by molar-refractivity contribution is -0.123. The highest BCUT2D eigenvalue weighted by molar-refractivity contribution is 5.82. The Morgan fingerprint density at radius 3 is 2.69 bits per heavy atom. The molecule has 2 unspecified atom stereocenters. The zero-order valence-electron chi connectivity index (χ0n) is 8.45. The van der Waals surface area contributed by atoms with Gasteiger partial charge in [-0.3, -0.25) is 4.79 Å². The van der Waals surface area contributed by atoms with Gasteiger partial charge in [-0.15, -0.1) is 0 Å². The summed E-state index contributed by atoms with van der Waals surface area (Å²) in [6.45, 7) is 5.31. The number of carbonyl (C=O) groups excluding carboxylic acids is 1. The molecule has 2 N–H and O–H groups in total. The second-order valence-corrected chi connectivity index (χ2v) is 4.21. The van der Waals surface area contributed by atoms with E-state index < -0.39 is 0 Å². The summed E-state index contributed by atoms with van der Waals surface area (Å²) in [7, 11) is 0. The molecule has 13 heavy (non-hydrogen) atoms. The van der Waals surface area contributed by atoms with Crippen molar-refractivity contribution in [2.75, 3.05) is 13.2 Å². The van der Waals surface area contributed by atoms with Crippen LogP contribution in [-0.2, 0) is 9.53 Å². The minimum Gasteiger partial charge on any atom is -0.379 e. The van der Waals surface area contributed by atoms with Gasteiger partial charge in [0.15, 0.2) is 0 Å². The molecule has 1 aliphatic rings. The molecule has 0 aliphatic carbocycles. The van der Waals surface area contributed by atoms with Crippen LogP contribution in [0.1, 0.15) is 26.7 Å². The topological polar surface area (TPSA) is 52.3 Å². The zero-order valence-corrected chi connectivity index (χ0v) is 8.45. The normalized spacial score (nSPS) is 28.3. The molecule has 0 saturated carbocycles. The fourth-order valence-corrected chi connectivity index (χ4v) is 1.52. The van der Waals surface area contributed by atoms with Gasteiger partial charge >= 0.3 is 0 Å². The molecule has 0 bridgehead atoms. The molecule has 1 saturated heterocycles. The van der Waals surface area contributed by atoms with Crippen molar-refractivity contribution in [3.05, 3.63) is 0 Å². The molecular formula is C10H19NO2. The molecule has 1 aliphatic heterocycles. The minimum absolute atomic E-state index is 0.0428. The minimum atomic E-state index is -0.0698. The summed E-state index contributed by atoms with van der Waals surface area (Å²) in [5.74, 6) is 0.819. The second-order valence-electron chi connectivity index (χ2n) is 4.21. The first-order chi connectivity index (χ1) is 6.11. The van der Waals surface area contributed by atoms with Gasteiger partial charge in [-0.25, -0.2) is 0 Å². The van der Waals surface area contributed by atoms with Gasteiger partial charge < -0.3 is 10.5 Å². The Morgan fingerprint density at radius 2 is 2.23 bits per heavy atom. The smallest absolute Gasteiger partial charge is 0.139 e. The van der Waals surface area contributed by atoms with Crippen LogP contribution in [0, 0.1) is 11.8 Å². The summed E-state index contributed by atoms with van der Waals surface area (Å²) in [6, 6.07) is -0.0698. The number of hydrogen-bond acceptors (Lipinski definition) is 3. The number of carbonyl (C=O) groups is 1. The zero-order chi connectivity index (χ0) is 9.84. The van der Waals surface area contributed by atoms with Crippen LogP contribution in [0.5, 0.6) is 0 Å². The molecule has 0 amide bonds. The van der Waals surface area contributed by atoms with Gasteiger partial charge in [0.05, 0.1) is 19.1 Å². The highest BCUT2D eigenvalue weighted by atomic mass is 16.5. The third-order valence-electron chi connectivity index (χ3n) is 2.51. The lowest BCUT2D eigenvalue weighted by atomic mass is 9.94. The van der Waals surface area contributed by atoms with Crippen LogP contribution in [0.4, 0.5) is 0 Å². The number of nitrogens with two attached hydrogens (primary N) is 1. The summed E-state index contributed by atoms with van der Waals surface area (Å²) in [5.41, 5.74) is 5.74. The van der Waals surface area contributed by atoms with Gasteiger partial charge in [-0.1, -0.05) is 13.8 Å². The van der Waals surface area contributed by atoms with Crippen molar-refractivity contribution in [3.63, 3.8) is 0 Å². The maximum Gasteiger partial charge on any atom is 0.139 e. The molecule has 0 aromatic carbocycles. The van der Waals surface area contributed by atoms with E-state index in [1.807, 2.05) is 0 Å². The summed E-state index contributed by atoms with van der Waals surface area (Å²) in [4.78, 5) is 11.6. The first-order valence-electron chi connectivity index (χ1n) is 4.97. The van der Waals surface area contributed by atoms with Crippen LogP contribution in [0.15, 0.2) is 0 Å². The summed E-state index contributed by atoms with van der Waals surface area (Å²) >= 11 is 0. The molecule has 0 aromatic rings. The molecule has 1 rings (SSSR count). The Balaban J connectivity index is 2.30. The van der Waals surface area contributed by atoms with Crippen molar-refractivity contribution in [2.45, 2.75) is 32.7 Å². The Kier molecular flexibility index (Phi) is 3.88. The Bertz CT molecular complexity index is 180. The van der Waals surface area contributed by atoms with Gasteiger partial charge in [0, 0.05) is 12.5 Å². The predicted molar refractivity (Wildman–Crippen MR) is 51.4 cm³/mol. The van der Waals surface area contributed by atoms with Crippen LogP contribution in [-0.4, -0.2) is 25.0 Å². The maximum absolute atomic E-state index is 11.6. The molecule has 3 nitrogen and oxygen atoms in total. The van der Waals surface area contributed by atoms with Crippen molar-refractivity contribution < 1.29 is 9.53 Å². The average Bonchev–Trinajstić information content (AvgIpc) is 2.47. The van der Waals surface area contributed by atoms with Gasteiger partial charge in [0.2, 0.25) is 0 Å². The summed E-state index contributed by atoms with van der Waals surface area (Å²) in [6.07, 6.45) is 1.61. The molecule has 76 valence electrons. The third-order valence-corrected chi connectivity index (χ3v) is 2.51. The molecule has 0 spiro atoms. The Hall–Kier alpha value is -0.410. The number of Topliss-reactive ketones (excluding diaryl/α,β-unsaturated/α-hetero) is 1. The fourth-order valence-electron chi connectivity index (χ4n) is 1.52. The van der Waals surface area contributed by atoms with E-state index >= 15 is 0 Å². The Labute approximate surface area is 79.6 Å². The van der Waals surface area contributed by atoms with Crippen molar-refractivity contribution in [3.8, 4) is 0 Å². The van der Waals surface area contributed by atoms with E-state index in [9.17, 15) is 4.79 Å². The lowest BCUT2D eigenvalue weighted by Crippen LogP contribution is -2.34. The molecule has 3 heteroatoms. The molecule has 1 fully saturated rings. The van der Waals surface area contributed by atoms with E-state index in [0.29, 0.717) is 25.6 Å². The number of ether oxygens (including phenoxy) is 1. The maximum atomic E-state index is 11.6. The second kappa shape index (κ2) is 4.72. The quantitative estimate of drug-likeness (QED) is 0.710. The van der Waals surface area contributed by atoms with Crippen LogP contribution >= 0.6 is 0 Å². The van der Waals surface area contributed by atoms with Gasteiger partial charge in [-0.2, -0.15) is 0 Å². The first-order valence-corrected chi connectivity index (χ1v) is 4.97. The summed E-state index contributed by atoms with van der Waals surface area (Å²) < 4.78 is 5.15.